The molecule has 0 aromatic carbocycles. The second kappa shape index (κ2) is 4.44. The summed E-state index contributed by atoms with van der Waals surface area (Å²) in [6.45, 7) is 3.45. The van der Waals surface area contributed by atoms with Gasteiger partial charge in [-0.25, -0.2) is 4.98 Å². The molecular weight excluding hydrogens is 192 g/mol. The van der Waals surface area contributed by atoms with Crippen molar-refractivity contribution >= 4 is 12.2 Å². The van der Waals surface area contributed by atoms with Gasteiger partial charge in [-0.1, -0.05) is 13.3 Å². The maximum atomic E-state index is 9.90. The Morgan fingerprint density at radius 2 is 2.53 bits per heavy atom. The Morgan fingerprint density at radius 3 is 3.33 bits per heavy atom. The Hall–Kier alpha value is -1.36. The van der Waals surface area contributed by atoms with Crippen molar-refractivity contribution in [2.75, 3.05) is 11.9 Å². The van der Waals surface area contributed by atoms with Crippen molar-refractivity contribution in [3.8, 4) is 0 Å². The largest absolute Gasteiger partial charge is 0.385 e. The molecule has 0 radical (unpaired) electrons. The zero-order chi connectivity index (χ0) is 10.7. The van der Waals surface area contributed by atoms with E-state index in [0.717, 1.165) is 30.9 Å². The predicted octanol–water partition coefficient (Wildman–Crippen LogP) is 1.17. The van der Waals surface area contributed by atoms with Crippen LogP contribution in [0.3, 0.4) is 0 Å². The molecular formula is C10H16N4O. The smallest absolute Gasteiger partial charge is 0.155 e. The summed E-state index contributed by atoms with van der Waals surface area (Å²) in [7, 11) is 0. The van der Waals surface area contributed by atoms with Crippen molar-refractivity contribution in [3.05, 3.63) is 12.0 Å². The van der Waals surface area contributed by atoms with E-state index in [9.17, 15) is 5.11 Å². The average molecular weight is 208 g/mol. The van der Waals surface area contributed by atoms with Gasteiger partial charge in [0.1, 0.15) is 6.10 Å². The Labute approximate surface area is 88.9 Å². The standard InChI is InChI=1S/C10H16N4O/c1-2-3-4-14-7-13-10-9(14)8(15)5-11-6-12-10/h6-8,15H,2-5H2,1H3,(H,11,12). The Bertz CT molecular complexity index is 358. The number of imidazole rings is 1. The fraction of sp³-hybridized carbons (Fsp3) is 0.600. The van der Waals surface area contributed by atoms with Crippen LogP contribution in [0.2, 0.25) is 0 Å². The molecule has 15 heavy (non-hydrogen) atoms. The summed E-state index contributed by atoms with van der Waals surface area (Å²) >= 11 is 0. The molecule has 1 aromatic heterocycles. The lowest BCUT2D eigenvalue weighted by Crippen LogP contribution is -2.09. The Kier molecular flexibility index (Phi) is 3.01. The molecule has 1 aromatic rings. The van der Waals surface area contributed by atoms with Gasteiger partial charge in [0, 0.05) is 6.54 Å². The van der Waals surface area contributed by atoms with Crippen molar-refractivity contribution in [1.82, 2.24) is 9.55 Å². The number of unbranched alkanes of at least 4 members (excludes halogenated alkanes) is 1. The maximum Gasteiger partial charge on any atom is 0.155 e. The van der Waals surface area contributed by atoms with Crippen LogP contribution in [0.25, 0.3) is 0 Å². The third-order valence-corrected chi connectivity index (χ3v) is 2.52. The minimum atomic E-state index is -0.550. The van der Waals surface area contributed by atoms with Crippen molar-refractivity contribution in [2.45, 2.75) is 32.4 Å². The van der Waals surface area contributed by atoms with Gasteiger partial charge < -0.3 is 15.0 Å². The third-order valence-electron chi connectivity index (χ3n) is 2.52. The molecule has 2 rings (SSSR count). The second-order valence-electron chi connectivity index (χ2n) is 3.68. The lowest BCUT2D eigenvalue weighted by Gasteiger charge is -2.11. The number of aliphatic hydroxyl groups is 1. The summed E-state index contributed by atoms with van der Waals surface area (Å²) in [5.41, 5.74) is 0.848. The van der Waals surface area contributed by atoms with E-state index < -0.39 is 6.10 Å². The number of aryl methyl sites for hydroxylation is 1. The van der Waals surface area contributed by atoms with E-state index in [4.69, 9.17) is 0 Å². The zero-order valence-corrected chi connectivity index (χ0v) is 8.85. The fourth-order valence-corrected chi connectivity index (χ4v) is 1.70. The van der Waals surface area contributed by atoms with Crippen LogP contribution in [-0.4, -0.2) is 27.5 Å². The Balaban J connectivity index is 2.24. The van der Waals surface area contributed by atoms with Crippen molar-refractivity contribution in [1.29, 1.82) is 0 Å². The monoisotopic (exact) mass is 208 g/mol. The van der Waals surface area contributed by atoms with Gasteiger partial charge in [0.2, 0.25) is 0 Å². The van der Waals surface area contributed by atoms with Gasteiger partial charge >= 0.3 is 0 Å². The molecule has 1 aliphatic heterocycles. The van der Waals surface area contributed by atoms with Gasteiger partial charge in [0.05, 0.1) is 24.9 Å². The summed E-state index contributed by atoms with van der Waals surface area (Å²) < 4.78 is 2.01. The average Bonchev–Trinajstić information content (AvgIpc) is 2.55. The molecule has 0 bridgehead atoms. The van der Waals surface area contributed by atoms with E-state index in [2.05, 4.69) is 22.2 Å². The van der Waals surface area contributed by atoms with E-state index in [1.165, 1.54) is 0 Å². The molecule has 5 heteroatoms. The van der Waals surface area contributed by atoms with Crippen molar-refractivity contribution < 1.29 is 5.11 Å². The number of hydrogen-bond donors (Lipinski definition) is 2. The number of aromatic nitrogens is 2. The highest BCUT2D eigenvalue weighted by Crippen LogP contribution is 2.23. The van der Waals surface area contributed by atoms with Gasteiger partial charge in [-0.15, -0.1) is 0 Å². The number of nitrogens with zero attached hydrogens (tertiary/aromatic N) is 3. The SMILES string of the molecule is CCCCn1cnc2c1C(O)CN=CN2. The van der Waals surface area contributed by atoms with Crippen LogP contribution in [-0.2, 0) is 6.54 Å². The molecule has 0 saturated heterocycles. The highest BCUT2D eigenvalue weighted by atomic mass is 16.3. The molecule has 0 spiro atoms. The summed E-state index contributed by atoms with van der Waals surface area (Å²) in [5, 5.41) is 12.9. The highest BCUT2D eigenvalue weighted by Gasteiger charge is 2.19. The number of aliphatic imine (C=N–C) groups is 1. The van der Waals surface area contributed by atoms with Crippen molar-refractivity contribution in [2.24, 2.45) is 4.99 Å². The number of rotatable bonds is 3. The third kappa shape index (κ3) is 2.02. The molecule has 82 valence electrons. The first kappa shape index (κ1) is 10.2. The summed E-state index contributed by atoms with van der Waals surface area (Å²) in [4.78, 5) is 8.24. The lowest BCUT2D eigenvalue weighted by molar-refractivity contribution is 0.178. The molecule has 0 amide bonds. The van der Waals surface area contributed by atoms with Gasteiger partial charge in [0.25, 0.3) is 0 Å². The number of nitrogens with one attached hydrogen (secondary N) is 1. The quantitative estimate of drug-likeness (QED) is 0.783. The van der Waals surface area contributed by atoms with E-state index in [0.29, 0.717) is 6.54 Å². The first-order chi connectivity index (χ1) is 7.33. The van der Waals surface area contributed by atoms with E-state index in [-0.39, 0.29) is 0 Å². The molecule has 1 unspecified atom stereocenters. The van der Waals surface area contributed by atoms with Crippen molar-refractivity contribution in [3.63, 3.8) is 0 Å². The van der Waals surface area contributed by atoms with E-state index in [1.807, 2.05) is 4.57 Å². The number of aliphatic hydroxyl groups excluding tert-OH is 1. The fourth-order valence-electron chi connectivity index (χ4n) is 1.70. The lowest BCUT2D eigenvalue weighted by atomic mass is 10.2. The summed E-state index contributed by atoms with van der Waals surface area (Å²) in [6.07, 6.45) is 5.04. The van der Waals surface area contributed by atoms with Crippen LogP contribution in [0.1, 0.15) is 31.6 Å². The highest BCUT2D eigenvalue weighted by molar-refractivity contribution is 5.75. The van der Waals surface area contributed by atoms with E-state index in [1.54, 1.807) is 12.7 Å². The predicted molar refractivity (Wildman–Crippen MR) is 59.1 cm³/mol. The zero-order valence-electron chi connectivity index (χ0n) is 8.85. The van der Waals surface area contributed by atoms with Crippen LogP contribution in [0.4, 0.5) is 5.82 Å². The van der Waals surface area contributed by atoms with Gasteiger partial charge in [-0.2, -0.15) is 0 Å². The minimum Gasteiger partial charge on any atom is -0.385 e. The van der Waals surface area contributed by atoms with Gasteiger partial charge in [-0.05, 0) is 6.42 Å². The molecule has 1 aliphatic rings. The van der Waals surface area contributed by atoms with Gasteiger partial charge in [-0.3, -0.25) is 4.99 Å². The van der Waals surface area contributed by atoms with Crippen LogP contribution in [0.5, 0.6) is 0 Å². The summed E-state index contributed by atoms with van der Waals surface area (Å²) in [6, 6.07) is 0. The molecule has 0 saturated carbocycles. The van der Waals surface area contributed by atoms with Crippen LogP contribution in [0, 0.1) is 0 Å². The summed E-state index contributed by atoms with van der Waals surface area (Å²) in [5.74, 6) is 0.722. The van der Waals surface area contributed by atoms with Crippen LogP contribution in [0.15, 0.2) is 11.3 Å². The first-order valence-corrected chi connectivity index (χ1v) is 5.31. The van der Waals surface area contributed by atoms with Gasteiger partial charge in [0.15, 0.2) is 5.82 Å². The van der Waals surface area contributed by atoms with Crippen LogP contribution < -0.4 is 5.32 Å². The maximum absolute atomic E-state index is 9.90. The first-order valence-electron chi connectivity index (χ1n) is 5.31. The normalized spacial score (nSPS) is 19.5. The number of hydrogen-bond acceptors (Lipinski definition) is 4. The van der Waals surface area contributed by atoms with E-state index >= 15 is 0 Å². The molecule has 1 atom stereocenters. The molecule has 2 N–H and O–H groups in total. The molecule has 0 fully saturated rings. The van der Waals surface area contributed by atoms with Crippen LogP contribution >= 0.6 is 0 Å². The topological polar surface area (TPSA) is 62.4 Å². The second-order valence-corrected chi connectivity index (χ2v) is 3.68. The minimum absolute atomic E-state index is 0.401. The Morgan fingerprint density at radius 1 is 1.67 bits per heavy atom. The number of anilines is 1. The molecule has 0 aliphatic carbocycles. The molecule has 5 nitrogen and oxygen atoms in total. The number of fused-ring (bicyclic) bond motifs is 1. The molecule has 2 heterocycles.